The van der Waals surface area contributed by atoms with Gasteiger partial charge in [0.1, 0.15) is 0 Å². The Hall–Kier alpha value is -2.93. The molecule has 0 saturated heterocycles. The lowest BCUT2D eigenvalue weighted by atomic mass is 10.2. The third kappa shape index (κ3) is 3.14. The molecule has 0 spiro atoms. The summed E-state index contributed by atoms with van der Waals surface area (Å²) in [6, 6.07) is 12.3. The van der Waals surface area contributed by atoms with Gasteiger partial charge in [0, 0.05) is 5.39 Å². The van der Waals surface area contributed by atoms with Crippen LogP contribution in [-0.4, -0.2) is 28.7 Å². The van der Waals surface area contributed by atoms with Crippen LogP contribution in [0.5, 0.6) is 11.5 Å². The topological polar surface area (TPSA) is 83.8 Å². The molecular weight excluding hydrogens is 314 g/mol. The lowest BCUT2D eigenvalue weighted by Gasteiger charge is -2.03. The van der Waals surface area contributed by atoms with Gasteiger partial charge in [-0.1, -0.05) is 18.2 Å². The molecular formula is C16H13N3O3S. The number of aromatic nitrogens is 1. The molecule has 23 heavy (non-hydrogen) atoms. The van der Waals surface area contributed by atoms with Crippen molar-refractivity contribution in [1.29, 1.82) is 0 Å². The SMILES string of the molecule is COc1cc(/C=N/NC(=O)c2nsc3ccccc23)ccc1O. The molecule has 2 N–H and O–H groups in total. The van der Waals surface area contributed by atoms with Gasteiger partial charge in [0.05, 0.1) is 18.0 Å². The molecule has 0 aliphatic heterocycles. The van der Waals surface area contributed by atoms with E-state index in [0.29, 0.717) is 17.0 Å². The normalized spacial score (nSPS) is 11.0. The highest BCUT2D eigenvalue weighted by atomic mass is 32.1. The number of phenolic OH excluding ortho intramolecular Hbond substituents is 1. The number of hydrazone groups is 1. The number of hydrogen-bond donors (Lipinski definition) is 2. The number of rotatable bonds is 4. The van der Waals surface area contributed by atoms with E-state index < -0.39 is 0 Å². The van der Waals surface area contributed by atoms with Crippen molar-refractivity contribution >= 4 is 33.7 Å². The van der Waals surface area contributed by atoms with E-state index in [1.807, 2.05) is 24.3 Å². The molecule has 0 bridgehead atoms. The van der Waals surface area contributed by atoms with Crippen LogP contribution < -0.4 is 10.2 Å². The summed E-state index contributed by atoms with van der Waals surface area (Å²) in [6.45, 7) is 0. The second-order valence-corrected chi connectivity index (χ2v) is 5.46. The van der Waals surface area contributed by atoms with Gasteiger partial charge < -0.3 is 9.84 Å². The first-order chi connectivity index (χ1) is 11.2. The highest BCUT2D eigenvalue weighted by molar-refractivity contribution is 7.13. The van der Waals surface area contributed by atoms with Crippen LogP contribution in [0.2, 0.25) is 0 Å². The van der Waals surface area contributed by atoms with Crippen molar-refractivity contribution in [2.45, 2.75) is 0 Å². The molecule has 0 radical (unpaired) electrons. The molecule has 3 rings (SSSR count). The molecule has 3 aromatic rings. The van der Waals surface area contributed by atoms with Crippen LogP contribution in [-0.2, 0) is 0 Å². The lowest BCUT2D eigenvalue weighted by Crippen LogP contribution is -2.18. The maximum Gasteiger partial charge on any atom is 0.291 e. The van der Waals surface area contributed by atoms with Gasteiger partial charge >= 0.3 is 0 Å². The summed E-state index contributed by atoms with van der Waals surface area (Å²) in [5, 5.41) is 14.2. The minimum atomic E-state index is -0.371. The van der Waals surface area contributed by atoms with Crippen molar-refractivity contribution in [2.75, 3.05) is 7.11 Å². The minimum Gasteiger partial charge on any atom is -0.504 e. The number of hydrogen-bond acceptors (Lipinski definition) is 6. The molecule has 7 heteroatoms. The number of amides is 1. The Morgan fingerprint density at radius 2 is 2.17 bits per heavy atom. The Bertz CT molecular complexity index is 889. The maximum absolute atomic E-state index is 12.1. The molecule has 0 aliphatic rings. The zero-order valence-corrected chi connectivity index (χ0v) is 13.0. The summed E-state index contributed by atoms with van der Waals surface area (Å²) in [4.78, 5) is 12.1. The number of carbonyl (C=O) groups excluding carboxylic acids is 1. The predicted molar refractivity (Wildman–Crippen MR) is 89.3 cm³/mol. The van der Waals surface area contributed by atoms with E-state index in [4.69, 9.17) is 4.74 Å². The third-order valence-corrected chi connectivity index (χ3v) is 4.00. The largest absolute Gasteiger partial charge is 0.504 e. The monoisotopic (exact) mass is 327 g/mol. The molecule has 0 atom stereocenters. The van der Waals surface area contributed by atoms with Crippen LogP contribution in [0.1, 0.15) is 16.1 Å². The highest BCUT2D eigenvalue weighted by Gasteiger charge is 2.13. The van der Waals surface area contributed by atoms with Gasteiger partial charge in [-0.2, -0.15) is 9.47 Å². The Kier molecular flexibility index (Phi) is 4.20. The van der Waals surface area contributed by atoms with Crippen LogP contribution in [0.15, 0.2) is 47.6 Å². The number of nitrogens with zero attached hydrogens (tertiary/aromatic N) is 2. The van der Waals surface area contributed by atoms with Gasteiger partial charge in [-0.25, -0.2) is 5.43 Å². The van der Waals surface area contributed by atoms with E-state index >= 15 is 0 Å². The first kappa shape index (κ1) is 15.0. The van der Waals surface area contributed by atoms with Gasteiger partial charge in [0.25, 0.3) is 5.91 Å². The van der Waals surface area contributed by atoms with Gasteiger partial charge in [-0.05, 0) is 41.4 Å². The van der Waals surface area contributed by atoms with Crippen molar-refractivity contribution < 1.29 is 14.6 Å². The summed E-state index contributed by atoms with van der Waals surface area (Å²) < 4.78 is 10.1. The highest BCUT2D eigenvalue weighted by Crippen LogP contribution is 2.25. The standard InChI is InChI=1S/C16H13N3O3S/c1-22-13-8-10(6-7-12(13)20)9-17-18-16(21)15-11-4-2-3-5-14(11)23-19-15/h2-9,20H,1H3,(H,18,21)/b17-9+. The number of aromatic hydroxyl groups is 1. The van der Waals surface area contributed by atoms with Gasteiger partial charge in [-0.3, -0.25) is 4.79 Å². The van der Waals surface area contributed by atoms with Crippen LogP contribution in [0, 0.1) is 0 Å². The zero-order chi connectivity index (χ0) is 16.2. The summed E-state index contributed by atoms with van der Waals surface area (Å²) >= 11 is 1.27. The Balaban J connectivity index is 1.74. The van der Waals surface area contributed by atoms with Crippen LogP contribution >= 0.6 is 11.5 Å². The van der Waals surface area contributed by atoms with Gasteiger partial charge in [0.2, 0.25) is 0 Å². The minimum absolute atomic E-state index is 0.0441. The van der Waals surface area contributed by atoms with Crippen molar-refractivity contribution in [3.63, 3.8) is 0 Å². The number of phenols is 1. The number of nitrogens with one attached hydrogen (secondary N) is 1. The van der Waals surface area contributed by atoms with E-state index in [1.54, 1.807) is 12.1 Å². The number of benzene rings is 2. The molecule has 1 aromatic heterocycles. The van der Waals surface area contributed by atoms with E-state index in [1.165, 1.54) is 30.9 Å². The van der Waals surface area contributed by atoms with Crippen molar-refractivity contribution in [2.24, 2.45) is 5.10 Å². The second-order valence-electron chi connectivity index (χ2n) is 4.66. The fraction of sp³-hybridized carbons (Fsp3) is 0.0625. The van der Waals surface area contributed by atoms with Gasteiger partial charge in [-0.15, -0.1) is 0 Å². The molecule has 6 nitrogen and oxygen atoms in total. The number of fused-ring (bicyclic) bond motifs is 1. The number of ether oxygens (including phenoxy) is 1. The summed E-state index contributed by atoms with van der Waals surface area (Å²) in [5.74, 6) is 0.0119. The number of carbonyl (C=O) groups is 1. The van der Waals surface area contributed by atoms with Crippen LogP contribution in [0.4, 0.5) is 0 Å². The first-order valence-corrected chi connectivity index (χ1v) is 7.51. The molecule has 0 unspecified atom stereocenters. The summed E-state index contributed by atoms with van der Waals surface area (Å²) in [5.41, 5.74) is 3.49. The average molecular weight is 327 g/mol. The third-order valence-electron chi connectivity index (χ3n) is 3.18. The van der Waals surface area contributed by atoms with Crippen molar-refractivity contribution in [1.82, 2.24) is 9.80 Å². The Morgan fingerprint density at radius 3 is 3.00 bits per heavy atom. The van der Waals surface area contributed by atoms with E-state index in [-0.39, 0.29) is 11.7 Å². The molecule has 116 valence electrons. The molecule has 0 aliphatic carbocycles. The second kappa shape index (κ2) is 6.45. The predicted octanol–water partition coefficient (Wildman–Crippen LogP) is 2.77. The first-order valence-electron chi connectivity index (χ1n) is 6.74. The number of methoxy groups -OCH3 is 1. The van der Waals surface area contributed by atoms with Crippen molar-refractivity contribution in [3.8, 4) is 11.5 Å². The quantitative estimate of drug-likeness (QED) is 0.570. The summed E-state index contributed by atoms with van der Waals surface area (Å²) in [6.07, 6.45) is 1.47. The molecule has 1 heterocycles. The molecule has 0 saturated carbocycles. The summed E-state index contributed by atoms with van der Waals surface area (Å²) in [7, 11) is 1.46. The van der Waals surface area contributed by atoms with Crippen LogP contribution in [0.3, 0.4) is 0 Å². The fourth-order valence-corrected chi connectivity index (χ4v) is 2.82. The van der Waals surface area contributed by atoms with E-state index in [0.717, 1.165) is 10.1 Å². The smallest absolute Gasteiger partial charge is 0.291 e. The Labute approximate surface area is 136 Å². The lowest BCUT2D eigenvalue weighted by molar-refractivity contribution is 0.0953. The molecule has 2 aromatic carbocycles. The van der Waals surface area contributed by atoms with Crippen LogP contribution in [0.25, 0.3) is 10.1 Å². The molecule has 1 amide bonds. The fourth-order valence-electron chi connectivity index (χ4n) is 2.04. The zero-order valence-electron chi connectivity index (χ0n) is 12.2. The average Bonchev–Trinajstić information content (AvgIpc) is 3.00. The maximum atomic E-state index is 12.1. The van der Waals surface area contributed by atoms with E-state index in [2.05, 4.69) is 14.9 Å². The Morgan fingerprint density at radius 1 is 1.35 bits per heavy atom. The van der Waals surface area contributed by atoms with Gasteiger partial charge in [0.15, 0.2) is 17.2 Å². The van der Waals surface area contributed by atoms with E-state index in [9.17, 15) is 9.90 Å². The van der Waals surface area contributed by atoms with Crippen molar-refractivity contribution in [3.05, 3.63) is 53.7 Å². The molecule has 0 fully saturated rings.